The Bertz CT molecular complexity index is 793. The molecule has 0 atom stereocenters. The van der Waals surface area contributed by atoms with Gasteiger partial charge in [0.15, 0.2) is 17.3 Å². The topological polar surface area (TPSA) is 76.8 Å². The number of nitrogens with zero attached hydrogens (tertiary/aromatic N) is 2. The third kappa shape index (κ3) is 5.08. The highest BCUT2D eigenvalue weighted by Crippen LogP contribution is 2.33. The maximum atomic E-state index is 12.6. The highest BCUT2D eigenvalue weighted by molar-refractivity contribution is 5.88. The second-order valence-electron chi connectivity index (χ2n) is 6.20. The minimum atomic E-state index is -2.94. The fourth-order valence-corrected chi connectivity index (χ4v) is 2.67. The summed E-state index contributed by atoms with van der Waals surface area (Å²) in [5.74, 6) is 1.13. The summed E-state index contributed by atoms with van der Waals surface area (Å²) in [4.78, 5) is 14.3. The van der Waals surface area contributed by atoms with Crippen LogP contribution < -0.4 is 14.8 Å². The molecule has 1 aromatic heterocycles. The molecule has 1 aliphatic carbocycles. The molecular formula is C18H21F2N3O4. The molecule has 0 bridgehead atoms. The van der Waals surface area contributed by atoms with Crippen molar-refractivity contribution >= 4 is 11.8 Å². The maximum absolute atomic E-state index is 12.6. The quantitative estimate of drug-likeness (QED) is 0.742. The average molecular weight is 381 g/mol. The molecule has 27 heavy (non-hydrogen) atoms. The minimum absolute atomic E-state index is 0.0314. The zero-order valence-electron chi connectivity index (χ0n) is 15.1. The van der Waals surface area contributed by atoms with Crippen molar-refractivity contribution < 1.29 is 27.6 Å². The van der Waals surface area contributed by atoms with E-state index in [-0.39, 0.29) is 23.6 Å². The molecule has 0 unspecified atom stereocenters. The van der Waals surface area contributed by atoms with Gasteiger partial charge in [-0.15, -0.1) is 0 Å². The van der Waals surface area contributed by atoms with Gasteiger partial charge in [0.2, 0.25) is 0 Å². The Morgan fingerprint density at radius 2 is 2.15 bits per heavy atom. The molecule has 1 fully saturated rings. The molecule has 2 amide bonds. The molecule has 1 aromatic carbocycles. The van der Waals surface area contributed by atoms with Crippen LogP contribution in [0.3, 0.4) is 0 Å². The fourth-order valence-electron chi connectivity index (χ4n) is 2.67. The molecule has 1 heterocycles. The number of nitrogens with one attached hydrogen (secondary N) is 1. The Labute approximate surface area is 155 Å². The summed E-state index contributed by atoms with van der Waals surface area (Å²) < 4.78 is 39.9. The smallest absolute Gasteiger partial charge is 0.387 e. The normalized spacial score (nSPS) is 13.5. The third-order valence-corrected chi connectivity index (χ3v) is 3.99. The van der Waals surface area contributed by atoms with Crippen LogP contribution in [0, 0.1) is 6.92 Å². The molecule has 1 N–H and O–H groups in total. The molecule has 9 heteroatoms. The van der Waals surface area contributed by atoms with E-state index in [0.29, 0.717) is 24.7 Å². The first-order valence-corrected chi connectivity index (χ1v) is 8.67. The summed E-state index contributed by atoms with van der Waals surface area (Å²) in [6, 6.07) is 6.15. The number of halogens is 2. The van der Waals surface area contributed by atoms with Crippen LogP contribution >= 0.6 is 0 Å². The summed E-state index contributed by atoms with van der Waals surface area (Å²) in [6.07, 6.45) is 1.83. The maximum Gasteiger partial charge on any atom is 0.387 e. The van der Waals surface area contributed by atoms with Crippen molar-refractivity contribution in [3.05, 3.63) is 35.6 Å². The number of anilines is 1. The van der Waals surface area contributed by atoms with E-state index in [2.05, 4.69) is 15.2 Å². The van der Waals surface area contributed by atoms with E-state index >= 15 is 0 Å². The Morgan fingerprint density at radius 1 is 1.37 bits per heavy atom. The highest BCUT2D eigenvalue weighted by Gasteiger charge is 2.33. The zero-order valence-corrected chi connectivity index (χ0v) is 15.1. The number of carbonyl (C=O) groups excluding carboxylic acids is 1. The number of amides is 2. The van der Waals surface area contributed by atoms with Crippen molar-refractivity contribution in [2.75, 3.05) is 11.9 Å². The van der Waals surface area contributed by atoms with Crippen molar-refractivity contribution in [3.63, 3.8) is 0 Å². The summed E-state index contributed by atoms with van der Waals surface area (Å²) in [6.45, 7) is 1.17. The number of hydrogen-bond acceptors (Lipinski definition) is 5. The van der Waals surface area contributed by atoms with E-state index in [1.165, 1.54) is 6.07 Å². The summed E-state index contributed by atoms with van der Waals surface area (Å²) >= 11 is 0. The lowest BCUT2D eigenvalue weighted by atomic mass is 10.2. The predicted molar refractivity (Wildman–Crippen MR) is 93.1 cm³/mol. The number of urea groups is 1. The van der Waals surface area contributed by atoms with Crippen LogP contribution in [0.4, 0.5) is 19.4 Å². The number of aryl methyl sites for hydroxylation is 1. The Balaban J connectivity index is 1.74. The van der Waals surface area contributed by atoms with Gasteiger partial charge in [0.1, 0.15) is 5.76 Å². The van der Waals surface area contributed by atoms with Crippen molar-refractivity contribution in [1.29, 1.82) is 0 Å². The second kappa shape index (κ2) is 8.24. The van der Waals surface area contributed by atoms with Gasteiger partial charge in [0.25, 0.3) is 0 Å². The molecule has 0 aliphatic heterocycles. The monoisotopic (exact) mass is 381 g/mol. The number of benzene rings is 1. The van der Waals surface area contributed by atoms with Crippen molar-refractivity contribution in [1.82, 2.24) is 10.1 Å². The molecule has 7 nitrogen and oxygen atoms in total. The van der Waals surface area contributed by atoms with E-state index < -0.39 is 6.61 Å². The van der Waals surface area contributed by atoms with Gasteiger partial charge in [-0.2, -0.15) is 8.78 Å². The van der Waals surface area contributed by atoms with E-state index in [1.807, 2.05) is 0 Å². The van der Waals surface area contributed by atoms with Gasteiger partial charge in [-0.25, -0.2) is 4.79 Å². The lowest BCUT2D eigenvalue weighted by Gasteiger charge is -2.23. The number of rotatable bonds is 8. The first-order chi connectivity index (χ1) is 13.0. The molecule has 3 rings (SSSR count). The second-order valence-corrected chi connectivity index (χ2v) is 6.20. The van der Waals surface area contributed by atoms with Gasteiger partial charge in [0.05, 0.1) is 6.61 Å². The Hall–Kier alpha value is -2.84. The molecule has 0 saturated heterocycles. The Morgan fingerprint density at radius 3 is 2.74 bits per heavy atom. The van der Waals surface area contributed by atoms with Crippen LogP contribution in [0.15, 0.2) is 28.8 Å². The summed E-state index contributed by atoms with van der Waals surface area (Å²) in [5.41, 5.74) is 0.749. The van der Waals surface area contributed by atoms with Crippen LogP contribution in [0.5, 0.6) is 11.5 Å². The van der Waals surface area contributed by atoms with Crippen LogP contribution in [0.1, 0.15) is 31.1 Å². The Kier molecular flexibility index (Phi) is 5.78. The van der Waals surface area contributed by atoms with E-state index in [0.717, 1.165) is 18.4 Å². The fraction of sp³-hybridized carbons (Fsp3) is 0.444. The largest absolute Gasteiger partial charge is 0.490 e. The van der Waals surface area contributed by atoms with Gasteiger partial charge >= 0.3 is 12.6 Å². The van der Waals surface area contributed by atoms with Gasteiger partial charge in [-0.3, -0.25) is 5.32 Å². The summed E-state index contributed by atoms with van der Waals surface area (Å²) in [5, 5.41) is 6.47. The van der Waals surface area contributed by atoms with Crippen LogP contribution in [0.25, 0.3) is 0 Å². The van der Waals surface area contributed by atoms with E-state index in [9.17, 15) is 13.6 Å². The third-order valence-electron chi connectivity index (χ3n) is 3.99. The molecule has 2 aromatic rings. The first-order valence-electron chi connectivity index (χ1n) is 8.67. The predicted octanol–water partition coefficient (Wildman–Crippen LogP) is 4.18. The SMILES string of the molecule is CCOc1cc(CN(C(=O)Nc2cc(C)on2)C2CC2)ccc1OC(F)F. The number of hydrogen-bond donors (Lipinski definition) is 1. The highest BCUT2D eigenvalue weighted by atomic mass is 19.3. The minimum Gasteiger partial charge on any atom is -0.490 e. The molecule has 0 spiro atoms. The molecule has 146 valence electrons. The van der Waals surface area contributed by atoms with Crippen molar-refractivity contribution in [3.8, 4) is 11.5 Å². The standard InChI is InChI=1S/C18H21F2N3O4/c1-3-25-15-9-12(4-7-14(15)26-17(19)20)10-23(13-5-6-13)18(24)21-16-8-11(2)27-22-16/h4,7-9,13,17H,3,5-6,10H2,1-2H3,(H,21,22,24). The molecular weight excluding hydrogens is 360 g/mol. The van der Waals surface area contributed by atoms with Gasteiger partial charge in [-0.1, -0.05) is 11.2 Å². The van der Waals surface area contributed by atoms with Crippen molar-refractivity contribution in [2.45, 2.75) is 45.9 Å². The number of carbonyl (C=O) groups is 1. The van der Waals surface area contributed by atoms with E-state index in [1.54, 1.807) is 36.9 Å². The molecule has 1 saturated carbocycles. The van der Waals surface area contributed by atoms with Crippen LogP contribution in [-0.4, -0.2) is 35.3 Å². The lowest BCUT2D eigenvalue weighted by molar-refractivity contribution is -0.0514. The van der Waals surface area contributed by atoms with Crippen molar-refractivity contribution in [2.24, 2.45) is 0 Å². The average Bonchev–Trinajstić information content (AvgIpc) is 3.37. The number of aromatic nitrogens is 1. The van der Waals surface area contributed by atoms with E-state index in [4.69, 9.17) is 9.26 Å². The van der Waals surface area contributed by atoms with Gasteiger partial charge in [-0.05, 0) is 44.4 Å². The lowest BCUT2D eigenvalue weighted by Crippen LogP contribution is -2.36. The number of ether oxygens (including phenoxy) is 2. The van der Waals surface area contributed by atoms with Crippen LogP contribution in [-0.2, 0) is 6.54 Å². The molecule has 1 aliphatic rings. The first kappa shape index (κ1) is 18.9. The van der Waals surface area contributed by atoms with Gasteiger partial charge in [0, 0.05) is 18.7 Å². The molecule has 0 radical (unpaired) electrons. The zero-order chi connectivity index (χ0) is 19.4. The van der Waals surface area contributed by atoms with Crippen LogP contribution in [0.2, 0.25) is 0 Å². The number of alkyl halides is 2. The van der Waals surface area contributed by atoms with Gasteiger partial charge < -0.3 is 18.9 Å². The summed E-state index contributed by atoms with van der Waals surface area (Å²) in [7, 11) is 0.